The normalized spacial score (nSPS) is 20.5. The van der Waals surface area contributed by atoms with Crippen molar-refractivity contribution in [1.82, 2.24) is 15.2 Å². The van der Waals surface area contributed by atoms with Crippen LogP contribution in [0.1, 0.15) is 50.1 Å². The van der Waals surface area contributed by atoms with E-state index in [1.54, 1.807) is 11.3 Å². The third-order valence-electron chi connectivity index (χ3n) is 3.28. The quantitative estimate of drug-likeness (QED) is 0.914. The average Bonchev–Trinajstić information content (AvgIpc) is 2.80. The molecular formula is C13H21N3OS. The Bertz CT molecular complexity index is 366. The summed E-state index contributed by atoms with van der Waals surface area (Å²) in [4.78, 5) is 18.6. The molecule has 1 fully saturated rings. The van der Waals surface area contributed by atoms with Crippen LogP contribution in [0.15, 0.2) is 11.6 Å². The molecule has 4 nitrogen and oxygen atoms in total. The van der Waals surface area contributed by atoms with Crippen molar-refractivity contribution in [2.45, 2.75) is 45.1 Å². The molecule has 1 saturated heterocycles. The molecule has 0 bridgehead atoms. The second-order valence-corrected chi connectivity index (χ2v) is 5.59. The van der Waals surface area contributed by atoms with Crippen LogP contribution in [0.4, 0.5) is 4.79 Å². The Balaban J connectivity index is 2.09. The predicted molar refractivity (Wildman–Crippen MR) is 73.7 cm³/mol. The molecule has 1 unspecified atom stereocenters. The number of thiazole rings is 1. The van der Waals surface area contributed by atoms with Crippen LogP contribution in [0.2, 0.25) is 0 Å². The van der Waals surface area contributed by atoms with Crippen molar-refractivity contribution in [1.29, 1.82) is 0 Å². The van der Waals surface area contributed by atoms with Crippen LogP contribution in [-0.2, 0) is 0 Å². The Morgan fingerprint density at radius 2 is 2.44 bits per heavy atom. The van der Waals surface area contributed by atoms with Crippen LogP contribution >= 0.6 is 11.3 Å². The molecule has 2 amide bonds. The van der Waals surface area contributed by atoms with Crippen molar-refractivity contribution in [2.24, 2.45) is 0 Å². The lowest BCUT2D eigenvalue weighted by atomic mass is 10.1. The lowest BCUT2D eigenvalue weighted by molar-refractivity contribution is 0.175. The molecule has 1 atom stereocenters. The minimum absolute atomic E-state index is 0.0685. The molecule has 0 aliphatic carbocycles. The molecule has 1 N–H and O–H groups in total. The lowest BCUT2D eigenvalue weighted by Gasteiger charge is -2.28. The topological polar surface area (TPSA) is 45.2 Å². The summed E-state index contributed by atoms with van der Waals surface area (Å²) in [7, 11) is 0. The summed E-state index contributed by atoms with van der Waals surface area (Å²) in [6.07, 6.45) is 7.32. The maximum absolute atomic E-state index is 12.2. The van der Waals surface area contributed by atoms with Crippen molar-refractivity contribution in [2.75, 3.05) is 13.1 Å². The molecular weight excluding hydrogens is 246 g/mol. The molecule has 2 rings (SSSR count). The van der Waals surface area contributed by atoms with Crippen LogP contribution in [0.5, 0.6) is 0 Å². The first-order valence-corrected chi connectivity index (χ1v) is 7.64. The number of hydrogen-bond donors (Lipinski definition) is 1. The van der Waals surface area contributed by atoms with Gasteiger partial charge >= 0.3 is 6.03 Å². The number of rotatable bonds is 3. The van der Waals surface area contributed by atoms with Crippen LogP contribution < -0.4 is 5.32 Å². The summed E-state index contributed by atoms with van der Waals surface area (Å²) < 4.78 is 0. The van der Waals surface area contributed by atoms with Crippen molar-refractivity contribution in [3.8, 4) is 0 Å². The second kappa shape index (κ2) is 6.73. The number of hydrogen-bond acceptors (Lipinski definition) is 3. The number of aromatic nitrogens is 1. The van der Waals surface area contributed by atoms with Gasteiger partial charge in [-0.15, -0.1) is 11.3 Å². The van der Waals surface area contributed by atoms with Crippen LogP contribution in [0.25, 0.3) is 0 Å². The molecule has 5 heteroatoms. The largest absolute Gasteiger partial charge is 0.338 e. The van der Waals surface area contributed by atoms with Gasteiger partial charge in [-0.25, -0.2) is 9.78 Å². The summed E-state index contributed by atoms with van der Waals surface area (Å²) in [6, 6.07) is 0.239. The molecule has 0 saturated carbocycles. The first-order chi connectivity index (χ1) is 8.83. The minimum atomic E-state index is 0.0685. The van der Waals surface area contributed by atoms with Crippen molar-refractivity contribution in [3.05, 3.63) is 16.6 Å². The van der Waals surface area contributed by atoms with Gasteiger partial charge in [-0.1, -0.05) is 19.8 Å². The summed E-state index contributed by atoms with van der Waals surface area (Å²) in [5, 5.41) is 6.05. The van der Waals surface area contributed by atoms with Crippen LogP contribution in [-0.4, -0.2) is 29.0 Å². The smallest absolute Gasteiger partial charge is 0.317 e. The van der Waals surface area contributed by atoms with Crippen LogP contribution in [0.3, 0.4) is 0 Å². The van der Waals surface area contributed by atoms with Gasteiger partial charge in [-0.3, -0.25) is 0 Å². The zero-order valence-corrected chi connectivity index (χ0v) is 11.7. The SMILES string of the molecule is CCCNC(=O)N1CCCCCC1c1nccs1. The van der Waals surface area contributed by atoms with Crippen molar-refractivity contribution >= 4 is 17.4 Å². The Morgan fingerprint density at radius 3 is 3.17 bits per heavy atom. The van der Waals surface area contributed by atoms with E-state index in [9.17, 15) is 4.79 Å². The molecule has 2 heterocycles. The van der Waals surface area contributed by atoms with Gasteiger partial charge in [0.2, 0.25) is 0 Å². The number of carbonyl (C=O) groups excluding carboxylic acids is 1. The van der Waals surface area contributed by atoms with E-state index < -0.39 is 0 Å². The minimum Gasteiger partial charge on any atom is -0.338 e. The third kappa shape index (κ3) is 3.22. The molecule has 0 aromatic carbocycles. The third-order valence-corrected chi connectivity index (χ3v) is 4.15. The van der Waals surface area contributed by atoms with E-state index in [0.29, 0.717) is 0 Å². The number of nitrogens with zero attached hydrogens (tertiary/aromatic N) is 2. The van der Waals surface area contributed by atoms with E-state index in [-0.39, 0.29) is 12.1 Å². The molecule has 1 aromatic heterocycles. The van der Waals surface area contributed by atoms with Gasteiger partial charge in [0.05, 0.1) is 6.04 Å². The molecule has 1 aliphatic rings. The van der Waals surface area contributed by atoms with E-state index in [1.165, 1.54) is 12.8 Å². The van der Waals surface area contributed by atoms with E-state index in [1.807, 2.05) is 16.5 Å². The van der Waals surface area contributed by atoms with Gasteiger partial charge in [0, 0.05) is 24.7 Å². The number of amides is 2. The van der Waals surface area contributed by atoms with Crippen LogP contribution in [0, 0.1) is 0 Å². The highest BCUT2D eigenvalue weighted by Gasteiger charge is 2.27. The molecule has 100 valence electrons. The highest BCUT2D eigenvalue weighted by molar-refractivity contribution is 7.09. The van der Waals surface area contributed by atoms with Gasteiger partial charge in [-0.2, -0.15) is 0 Å². The molecule has 0 radical (unpaired) electrons. The monoisotopic (exact) mass is 267 g/mol. The first-order valence-electron chi connectivity index (χ1n) is 6.76. The van der Waals surface area contributed by atoms with E-state index in [0.717, 1.165) is 37.4 Å². The number of likely N-dealkylation sites (tertiary alicyclic amines) is 1. The molecule has 0 spiro atoms. The van der Waals surface area contributed by atoms with Crippen molar-refractivity contribution < 1.29 is 4.79 Å². The highest BCUT2D eigenvalue weighted by Crippen LogP contribution is 2.31. The molecule has 1 aliphatic heterocycles. The zero-order valence-electron chi connectivity index (χ0n) is 10.9. The fourth-order valence-electron chi connectivity index (χ4n) is 2.34. The summed E-state index contributed by atoms with van der Waals surface area (Å²) >= 11 is 1.65. The Morgan fingerprint density at radius 1 is 1.56 bits per heavy atom. The highest BCUT2D eigenvalue weighted by atomic mass is 32.1. The number of carbonyl (C=O) groups is 1. The average molecular weight is 267 g/mol. The van der Waals surface area contributed by atoms with Crippen molar-refractivity contribution in [3.63, 3.8) is 0 Å². The molecule has 18 heavy (non-hydrogen) atoms. The zero-order chi connectivity index (χ0) is 12.8. The van der Waals surface area contributed by atoms with E-state index >= 15 is 0 Å². The predicted octanol–water partition coefficient (Wildman–Crippen LogP) is 3.18. The van der Waals surface area contributed by atoms with Gasteiger partial charge in [0.25, 0.3) is 0 Å². The lowest BCUT2D eigenvalue weighted by Crippen LogP contribution is -2.42. The Kier molecular flexibility index (Phi) is 4.99. The van der Waals surface area contributed by atoms with Gasteiger partial charge in [0.15, 0.2) is 0 Å². The Labute approximate surface area is 112 Å². The summed E-state index contributed by atoms with van der Waals surface area (Å²) in [6.45, 7) is 3.67. The number of urea groups is 1. The van der Waals surface area contributed by atoms with Gasteiger partial charge in [0.1, 0.15) is 5.01 Å². The van der Waals surface area contributed by atoms with E-state index in [4.69, 9.17) is 0 Å². The second-order valence-electron chi connectivity index (χ2n) is 4.66. The maximum Gasteiger partial charge on any atom is 0.317 e. The fraction of sp³-hybridized carbons (Fsp3) is 0.692. The van der Waals surface area contributed by atoms with Gasteiger partial charge < -0.3 is 10.2 Å². The first kappa shape index (κ1) is 13.3. The fourth-order valence-corrected chi connectivity index (χ4v) is 3.13. The Hall–Kier alpha value is -1.10. The maximum atomic E-state index is 12.2. The van der Waals surface area contributed by atoms with Gasteiger partial charge in [-0.05, 0) is 19.3 Å². The van der Waals surface area contributed by atoms with E-state index in [2.05, 4.69) is 17.2 Å². The molecule has 1 aromatic rings. The summed E-state index contributed by atoms with van der Waals surface area (Å²) in [5.74, 6) is 0. The number of nitrogens with one attached hydrogen (secondary N) is 1. The summed E-state index contributed by atoms with van der Waals surface area (Å²) in [5.41, 5.74) is 0. The standard InChI is InChI=1S/C13H21N3OS/c1-2-7-15-13(17)16-9-5-3-4-6-11(16)12-14-8-10-18-12/h8,10-11H,2-7,9H2,1H3,(H,15,17).